The third kappa shape index (κ3) is 2.02. The summed E-state index contributed by atoms with van der Waals surface area (Å²) in [6.07, 6.45) is 5.38. The number of nitrogens with zero attached hydrogens (tertiary/aromatic N) is 1. The molecule has 2 heterocycles. The molecule has 0 unspecified atom stereocenters. The van der Waals surface area contributed by atoms with Crippen LogP contribution in [-0.4, -0.2) is 4.98 Å². The number of H-pyrrole nitrogens is 1. The van der Waals surface area contributed by atoms with E-state index >= 15 is 0 Å². The van der Waals surface area contributed by atoms with Crippen molar-refractivity contribution >= 4 is 23.1 Å². The van der Waals surface area contributed by atoms with Crippen molar-refractivity contribution < 1.29 is 4.42 Å². The van der Waals surface area contributed by atoms with Crippen molar-refractivity contribution in [1.82, 2.24) is 4.98 Å². The van der Waals surface area contributed by atoms with E-state index in [0.717, 1.165) is 11.1 Å². The highest BCUT2D eigenvalue weighted by molar-refractivity contribution is 5.91. The number of hydrogen-bond acceptors (Lipinski definition) is 3. The molecule has 96 valence electrons. The largest absolute Gasteiger partial charge is 0.422 e. The van der Waals surface area contributed by atoms with Crippen LogP contribution in [0.25, 0.3) is 23.1 Å². The zero-order valence-corrected chi connectivity index (χ0v) is 10.5. The van der Waals surface area contributed by atoms with E-state index in [1.807, 2.05) is 42.6 Å². The average Bonchev–Trinajstić information content (AvgIpc) is 2.97. The highest BCUT2D eigenvalue weighted by Crippen LogP contribution is 2.21. The molecular formula is C16H10N2O2. The minimum absolute atomic E-state index is 0.0199. The number of nitriles is 1. The smallest absolute Gasteiger partial charge is 0.354 e. The topological polar surface area (TPSA) is 69.8 Å². The molecular weight excluding hydrogens is 252 g/mol. The third-order valence-electron chi connectivity index (χ3n) is 3.02. The number of aromatic amines is 1. The van der Waals surface area contributed by atoms with Crippen LogP contribution < -0.4 is 5.63 Å². The zero-order chi connectivity index (χ0) is 13.9. The van der Waals surface area contributed by atoms with Crippen LogP contribution >= 0.6 is 0 Å². The van der Waals surface area contributed by atoms with E-state index in [0.29, 0.717) is 11.1 Å². The van der Waals surface area contributed by atoms with Gasteiger partial charge in [-0.05, 0) is 24.3 Å². The molecule has 0 amide bonds. The normalized spacial score (nSPS) is 10.9. The lowest BCUT2D eigenvalue weighted by molar-refractivity contribution is 0.558. The number of benzene rings is 1. The van der Waals surface area contributed by atoms with Crippen molar-refractivity contribution in [2.45, 2.75) is 0 Å². The molecule has 4 nitrogen and oxygen atoms in total. The number of nitrogens with one attached hydrogen (secondary N) is 1. The van der Waals surface area contributed by atoms with Crippen LogP contribution in [0, 0.1) is 11.3 Å². The Morgan fingerprint density at radius 2 is 2.00 bits per heavy atom. The summed E-state index contributed by atoms with van der Waals surface area (Å²) in [4.78, 5) is 14.9. The second-order valence-electron chi connectivity index (χ2n) is 4.24. The quantitative estimate of drug-likeness (QED) is 0.721. The van der Waals surface area contributed by atoms with Crippen LogP contribution in [-0.2, 0) is 0 Å². The van der Waals surface area contributed by atoms with E-state index in [-0.39, 0.29) is 5.56 Å². The number of para-hydroxylation sites is 1. The molecule has 0 atom stereocenters. The van der Waals surface area contributed by atoms with Gasteiger partial charge in [-0.1, -0.05) is 24.3 Å². The third-order valence-corrected chi connectivity index (χ3v) is 3.02. The molecule has 20 heavy (non-hydrogen) atoms. The number of hydrogen-bond donors (Lipinski definition) is 1. The fourth-order valence-corrected chi connectivity index (χ4v) is 2.07. The summed E-state index contributed by atoms with van der Waals surface area (Å²) in [6.45, 7) is 0. The number of aromatic nitrogens is 1. The molecule has 0 aliphatic rings. The maximum Gasteiger partial charge on any atom is 0.354 e. The second-order valence-corrected chi connectivity index (χ2v) is 4.24. The minimum Gasteiger partial charge on any atom is -0.422 e. The summed E-state index contributed by atoms with van der Waals surface area (Å²) in [6, 6.07) is 12.9. The van der Waals surface area contributed by atoms with Gasteiger partial charge in [-0.3, -0.25) is 0 Å². The molecule has 0 aliphatic carbocycles. The minimum atomic E-state index is -0.614. The summed E-state index contributed by atoms with van der Waals surface area (Å²) >= 11 is 0. The molecule has 0 fully saturated rings. The first-order valence-electron chi connectivity index (χ1n) is 6.07. The van der Waals surface area contributed by atoms with E-state index in [4.69, 9.17) is 9.68 Å². The molecule has 0 bridgehead atoms. The van der Waals surface area contributed by atoms with E-state index < -0.39 is 5.63 Å². The van der Waals surface area contributed by atoms with Gasteiger partial charge in [0.1, 0.15) is 17.2 Å². The SMILES string of the molecule is N#Cc1c(/C=C/c2ccc[nH]2)c2ccccc2oc1=O. The fourth-order valence-electron chi connectivity index (χ4n) is 2.07. The Morgan fingerprint density at radius 3 is 2.75 bits per heavy atom. The van der Waals surface area contributed by atoms with Crippen LogP contribution in [0.1, 0.15) is 16.8 Å². The van der Waals surface area contributed by atoms with E-state index in [2.05, 4.69) is 4.98 Å². The van der Waals surface area contributed by atoms with Gasteiger partial charge in [-0.15, -0.1) is 0 Å². The Bertz CT molecular complexity index is 881. The van der Waals surface area contributed by atoms with Crippen molar-refractivity contribution in [1.29, 1.82) is 5.26 Å². The average molecular weight is 262 g/mol. The van der Waals surface area contributed by atoms with Gasteiger partial charge in [-0.2, -0.15) is 5.26 Å². The molecule has 0 spiro atoms. The fraction of sp³-hybridized carbons (Fsp3) is 0. The van der Waals surface area contributed by atoms with Crippen molar-refractivity contribution in [2.75, 3.05) is 0 Å². The standard InChI is InChI=1S/C16H10N2O2/c17-10-14-12(8-7-11-4-3-9-18-11)13-5-1-2-6-15(13)20-16(14)19/h1-9,18H/b8-7+. The van der Waals surface area contributed by atoms with Gasteiger partial charge in [0, 0.05) is 22.8 Å². The summed E-state index contributed by atoms with van der Waals surface area (Å²) in [5.74, 6) is 0. The molecule has 2 aromatic heterocycles. The van der Waals surface area contributed by atoms with Crippen LogP contribution in [0.4, 0.5) is 0 Å². The molecule has 0 aliphatic heterocycles. The number of rotatable bonds is 2. The van der Waals surface area contributed by atoms with E-state index in [9.17, 15) is 4.79 Å². The highest BCUT2D eigenvalue weighted by atomic mass is 16.4. The van der Waals surface area contributed by atoms with Gasteiger partial charge < -0.3 is 9.40 Å². The van der Waals surface area contributed by atoms with Crippen LogP contribution in [0.3, 0.4) is 0 Å². The van der Waals surface area contributed by atoms with Crippen LogP contribution in [0.5, 0.6) is 0 Å². The van der Waals surface area contributed by atoms with Gasteiger partial charge >= 0.3 is 5.63 Å². The van der Waals surface area contributed by atoms with Gasteiger partial charge in [-0.25, -0.2) is 4.79 Å². The first kappa shape index (κ1) is 12.0. The maximum absolute atomic E-state index is 11.8. The predicted molar refractivity (Wildman–Crippen MR) is 76.9 cm³/mol. The Kier molecular flexibility index (Phi) is 2.94. The van der Waals surface area contributed by atoms with Crippen molar-refractivity contribution in [3.05, 3.63) is 69.8 Å². The highest BCUT2D eigenvalue weighted by Gasteiger charge is 2.11. The lowest BCUT2D eigenvalue weighted by Gasteiger charge is -2.02. The second kappa shape index (κ2) is 4.90. The molecule has 4 heteroatoms. The zero-order valence-electron chi connectivity index (χ0n) is 10.5. The number of fused-ring (bicyclic) bond motifs is 1. The van der Waals surface area contributed by atoms with Gasteiger partial charge in [0.15, 0.2) is 0 Å². The molecule has 0 saturated heterocycles. The first-order valence-corrected chi connectivity index (χ1v) is 6.07. The van der Waals surface area contributed by atoms with E-state index in [1.54, 1.807) is 18.2 Å². The summed E-state index contributed by atoms with van der Waals surface area (Å²) in [5.41, 5.74) is 1.35. The lowest BCUT2D eigenvalue weighted by Crippen LogP contribution is -2.06. The summed E-state index contributed by atoms with van der Waals surface area (Å²) in [7, 11) is 0. The van der Waals surface area contributed by atoms with Gasteiger partial charge in [0.25, 0.3) is 0 Å². The molecule has 0 saturated carbocycles. The van der Waals surface area contributed by atoms with Gasteiger partial charge in [0.05, 0.1) is 0 Å². The molecule has 3 rings (SSSR count). The molecule has 0 radical (unpaired) electrons. The Balaban J connectivity index is 2.27. The van der Waals surface area contributed by atoms with E-state index in [1.165, 1.54) is 0 Å². The molecule has 1 N–H and O–H groups in total. The predicted octanol–water partition coefficient (Wildman–Crippen LogP) is 3.16. The monoisotopic (exact) mass is 262 g/mol. The Labute approximate surface area is 114 Å². The van der Waals surface area contributed by atoms with Crippen LogP contribution in [0.2, 0.25) is 0 Å². The maximum atomic E-state index is 11.8. The Hall–Kier alpha value is -3.06. The lowest BCUT2D eigenvalue weighted by atomic mass is 10.0. The summed E-state index contributed by atoms with van der Waals surface area (Å²) in [5, 5.41) is 9.91. The van der Waals surface area contributed by atoms with Crippen molar-refractivity contribution in [3.63, 3.8) is 0 Å². The van der Waals surface area contributed by atoms with Crippen LogP contribution in [0.15, 0.2) is 51.8 Å². The first-order chi connectivity index (χ1) is 9.79. The van der Waals surface area contributed by atoms with Crippen molar-refractivity contribution in [3.8, 4) is 6.07 Å². The molecule has 1 aromatic carbocycles. The van der Waals surface area contributed by atoms with Gasteiger partial charge in [0.2, 0.25) is 0 Å². The van der Waals surface area contributed by atoms with Crippen molar-refractivity contribution in [2.24, 2.45) is 0 Å². The summed E-state index contributed by atoms with van der Waals surface area (Å²) < 4.78 is 5.14. The Morgan fingerprint density at radius 1 is 1.15 bits per heavy atom. The molecule has 3 aromatic rings.